The van der Waals surface area contributed by atoms with Gasteiger partial charge in [0.2, 0.25) is 5.91 Å². The van der Waals surface area contributed by atoms with E-state index in [0.29, 0.717) is 12.8 Å². The van der Waals surface area contributed by atoms with E-state index in [1.54, 1.807) is 0 Å². The molecule has 0 aliphatic heterocycles. The molecule has 0 aromatic heterocycles. The molecule has 0 aromatic carbocycles. The summed E-state index contributed by atoms with van der Waals surface area (Å²) in [5.41, 5.74) is 0. The van der Waals surface area contributed by atoms with Crippen molar-refractivity contribution in [1.82, 2.24) is 5.32 Å². The highest BCUT2D eigenvalue weighted by atomic mass is 31.2. The number of ether oxygens (including phenoxy) is 1. The Morgan fingerprint density at radius 3 is 1.47 bits per heavy atom. The monoisotopic (exact) mass is 822 g/mol. The first-order chi connectivity index (χ1) is 27.8. The lowest BCUT2D eigenvalue weighted by atomic mass is 10.0. The van der Waals surface area contributed by atoms with Crippen molar-refractivity contribution < 1.29 is 37.9 Å². The number of esters is 1. The Hall–Kier alpha value is -2.29. The van der Waals surface area contributed by atoms with Gasteiger partial charge < -0.3 is 20.1 Å². The molecular formula is C47H84NO8P. The molecule has 10 heteroatoms. The van der Waals surface area contributed by atoms with Gasteiger partial charge in [-0.3, -0.25) is 18.6 Å². The van der Waals surface area contributed by atoms with Crippen LogP contribution < -0.4 is 5.32 Å². The third kappa shape index (κ3) is 44.7. The summed E-state index contributed by atoms with van der Waals surface area (Å²) < 4.78 is 26.8. The highest BCUT2D eigenvalue weighted by molar-refractivity contribution is 7.47. The van der Waals surface area contributed by atoms with Gasteiger partial charge in [-0.05, 0) is 51.4 Å². The van der Waals surface area contributed by atoms with E-state index in [4.69, 9.17) is 13.8 Å². The molecular weight excluding hydrogens is 737 g/mol. The minimum absolute atomic E-state index is 0.0751. The van der Waals surface area contributed by atoms with E-state index < -0.39 is 26.5 Å². The van der Waals surface area contributed by atoms with Crippen LogP contribution in [0.2, 0.25) is 0 Å². The average molecular weight is 822 g/mol. The molecule has 0 aliphatic rings. The number of carbonyl (C=O) groups excluding carboxylic acids is 2. The van der Waals surface area contributed by atoms with Gasteiger partial charge >= 0.3 is 13.8 Å². The second-order valence-corrected chi connectivity index (χ2v) is 16.5. The lowest BCUT2D eigenvalue weighted by Crippen LogP contribution is -2.27. The Kier molecular flexibility index (Phi) is 41.6. The predicted molar refractivity (Wildman–Crippen MR) is 238 cm³/mol. The molecule has 1 amide bonds. The molecule has 0 heterocycles. The second-order valence-electron chi connectivity index (χ2n) is 15.0. The van der Waals surface area contributed by atoms with Crippen LogP contribution in [0.3, 0.4) is 0 Å². The average Bonchev–Trinajstić information content (AvgIpc) is 3.20. The van der Waals surface area contributed by atoms with Crippen molar-refractivity contribution in [3.8, 4) is 0 Å². The van der Waals surface area contributed by atoms with Crippen LogP contribution in [0.25, 0.3) is 0 Å². The van der Waals surface area contributed by atoms with E-state index in [1.165, 1.54) is 103 Å². The Morgan fingerprint density at radius 2 is 1.00 bits per heavy atom. The molecule has 57 heavy (non-hydrogen) atoms. The molecule has 330 valence electrons. The molecule has 0 aliphatic carbocycles. The molecule has 0 aromatic rings. The maximum atomic E-state index is 12.1. The number of amides is 1. The summed E-state index contributed by atoms with van der Waals surface area (Å²) in [7, 11) is -4.43. The third-order valence-electron chi connectivity index (χ3n) is 9.46. The minimum Gasteiger partial charge on any atom is -0.463 e. The number of rotatable bonds is 42. The number of phosphoric ester groups is 1. The fraction of sp³-hybridized carbons (Fsp3) is 0.745. The zero-order valence-corrected chi connectivity index (χ0v) is 37.2. The van der Waals surface area contributed by atoms with Gasteiger partial charge in [0, 0.05) is 19.4 Å². The quantitative estimate of drug-likeness (QED) is 0.0240. The summed E-state index contributed by atoms with van der Waals surface area (Å²) >= 11 is 0. The van der Waals surface area contributed by atoms with Gasteiger partial charge in [0.15, 0.2) is 0 Å². The van der Waals surface area contributed by atoms with Gasteiger partial charge in [0.25, 0.3) is 0 Å². The van der Waals surface area contributed by atoms with Gasteiger partial charge in [-0.25, -0.2) is 4.57 Å². The zero-order chi connectivity index (χ0) is 41.8. The molecule has 0 fully saturated rings. The molecule has 3 N–H and O–H groups in total. The van der Waals surface area contributed by atoms with Crippen molar-refractivity contribution in [1.29, 1.82) is 0 Å². The van der Waals surface area contributed by atoms with Gasteiger partial charge in [-0.15, -0.1) is 0 Å². The van der Waals surface area contributed by atoms with Crippen LogP contribution in [0.1, 0.15) is 194 Å². The summed E-state index contributed by atoms with van der Waals surface area (Å²) in [6.07, 6.45) is 51.6. The van der Waals surface area contributed by atoms with Crippen molar-refractivity contribution in [2.45, 2.75) is 200 Å². The number of aliphatic hydroxyl groups excluding tert-OH is 1. The number of phosphoric acid groups is 1. The van der Waals surface area contributed by atoms with Crippen LogP contribution in [-0.2, 0) is 27.9 Å². The van der Waals surface area contributed by atoms with Crippen LogP contribution in [0.4, 0.5) is 0 Å². The first kappa shape index (κ1) is 54.7. The predicted octanol–water partition coefficient (Wildman–Crippen LogP) is 12.9. The highest BCUT2D eigenvalue weighted by Gasteiger charge is 2.23. The zero-order valence-electron chi connectivity index (χ0n) is 36.3. The Morgan fingerprint density at radius 1 is 0.561 bits per heavy atom. The molecule has 0 saturated carbocycles. The maximum absolute atomic E-state index is 12.1. The summed E-state index contributed by atoms with van der Waals surface area (Å²) in [5.74, 6) is -0.574. The van der Waals surface area contributed by atoms with E-state index in [2.05, 4.69) is 73.8 Å². The third-order valence-corrected chi connectivity index (χ3v) is 10.4. The van der Waals surface area contributed by atoms with E-state index >= 15 is 0 Å². The summed E-state index contributed by atoms with van der Waals surface area (Å²) in [5, 5.41) is 12.7. The number of unbranched alkanes of at least 4 members (excludes halogenated alkanes) is 19. The minimum atomic E-state index is -4.43. The first-order valence-corrected chi connectivity index (χ1v) is 24.3. The second kappa shape index (κ2) is 43.3. The normalized spacial score (nSPS) is 13.8. The Bertz CT molecular complexity index is 1120. The standard InChI is InChI=1S/C47H84NO8P/c1-3-5-7-9-11-13-15-17-19-21-22-24-25-27-29-31-33-35-37-39-46(50)48-41-42-55-57(52,53)56-44-45(49)43-54-47(51)40-38-36-34-32-30-28-26-23-20-18-16-14-12-10-8-6-4-2/h6,8,12,14,18,20,26,28,32,34,45,49H,3-5,7,9-11,13,15-17,19,21-25,27,29-31,33,35-44H2,1-2H3,(H,48,50)(H,52,53)/b8-6-,14-12-,20-18-,28-26-,34-32-. The van der Waals surface area contributed by atoms with Crippen LogP contribution in [0.5, 0.6) is 0 Å². The lowest BCUT2D eigenvalue weighted by Gasteiger charge is -2.15. The molecule has 0 spiro atoms. The Balaban J connectivity index is 3.64. The fourth-order valence-corrected chi connectivity index (χ4v) is 6.82. The van der Waals surface area contributed by atoms with Gasteiger partial charge in [0.1, 0.15) is 12.7 Å². The maximum Gasteiger partial charge on any atom is 0.472 e. The number of allylic oxidation sites excluding steroid dienone is 10. The van der Waals surface area contributed by atoms with E-state index in [9.17, 15) is 24.2 Å². The van der Waals surface area contributed by atoms with E-state index in [1.807, 2.05) is 6.08 Å². The van der Waals surface area contributed by atoms with Crippen molar-refractivity contribution in [3.05, 3.63) is 60.8 Å². The van der Waals surface area contributed by atoms with Crippen molar-refractivity contribution >= 4 is 19.7 Å². The van der Waals surface area contributed by atoms with Crippen LogP contribution in [-0.4, -0.2) is 54.3 Å². The molecule has 9 nitrogen and oxygen atoms in total. The first-order valence-electron chi connectivity index (χ1n) is 22.8. The lowest BCUT2D eigenvalue weighted by molar-refractivity contribution is -0.147. The summed E-state index contributed by atoms with van der Waals surface area (Å²) in [6.45, 7) is 3.39. The molecule has 0 radical (unpaired) electrons. The summed E-state index contributed by atoms with van der Waals surface area (Å²) in [6, 6.07) is 0. The highest BCUT2D eigenvalue weighted by Crippen LogP contribution is 2.42. The number of aliphatic hydroxyl groups is 1. The molecule has 2 unspecified atom stereocenters. The smallest absolute Gasteiger partial charge is 0.463 e. The number of nitrogens with one attached hydrogen (secondary N) is 1. The van der Waals surface area contributed by atoms with E-state index in [0.717, 1.165) is 57.8 Å². The summed E-state index contributed by atoms with van der Waals surface area (Å²) in [4.78, 5) is 33.9. The molecule has 0 saturated heterocycles. The molecule has 2 atom stereocenters. The van der Waals surface area contributed by atoms with Crippen molar-refractivity contribution in [2.75, 3.05) is 26.4 Å². The number of hydrogen-bond acceptors (Lipinski definition) is 7. The largest absolute Gasteiger partial charge is 0.472 e. The number of carbonyl (C=O) groups is 2. The van der Waals surface area contributed by atoms with Crippen molar-refractivity contribution in [3.63, 3.8) is 0 Å². The van der Waals surface area contributed by atoms with Gasteiger partial charge in [-0.2, -0.15) is 0 Å². The van der Waals surface area contributed by atoms with E-state index in [-0.39, 0.29) is 32.1 Å². The van der Waals surface area contributed by atoms with Crippen LogP contribution >= 0.6 is 7.82 Å². The molecule has 0 rings (SSSR count). The SMILES string of the molecule is CC/C=C\C/C=C\C/C=C\C/C=C\C/C=C\CCCC(=O)OCC(O)COP(=O)(O)OCCNC(=O)CCCCCCCCCCCCCCCCCCCCC. The van der Waals surface area contributed by atoms with Gasteiger partial charge in [0.05, 0.1) is 13.2 Å². The topological polar surface area (TPSA) is 131 Å². The number of hydrogen-bond donors (Lipinski definition) is 3. The molecule has 0 bridgehead atoms. The van der Waals surface area contributed by atoms with Crippen molar-refractivity contribution in [2.24, 2.45) is 0 Å². The Labute approximate surface area is 348 Å². The fourth-order valence-electron chi connectivity index (χ4n) is 6.06. The van der Waals surface area contributed by atoms with Gasteiger partial charge in [-0.1, -0.05) is 190 Å². The van der Waals surface area contributed by atoms with Crippen LogP contribution in [0, 0.1) is 0 Å². The van der Waals surface area contributed by atoms with Crippen LogP contribution in [0.15, 0.2) is 60.8 Å².